The number of carbonyl (C=O) groups excluding carboxylic acids is 4. The Kier molecular flexibility index (Phi) is 17.7. The van der Waals surface area contributed by atoms with Gasteiger partial charge in [0.15, 0.2) is 6.04 Å². The van der Waals surface area contributed by atoms with Crippen molar-refractivity contribution >= 4 is 35.6 Å². The molecular formula is C50H56F6N4O8. The molecule has 4 aromatic rings. The van der Waals surface area contributed by atoms with E-state index in [0.717, 1.165) is 54.8 Å². The lowest BCUT2D eigenvalue weighted by atomic mass is 9.77. The van der Waals surface area contributed by atoms with E-state index in [0.29, 0.717) is 36.3 Å². The molecule has 68 heavy (non-hydrogen) atoms. The quantitative estimate of drug-likeness (QED) is 0.0933. The molecule has 3 N–H and O–H groups in total. The third-order valence-corrected chi connectivity index (χ3v) is 11.3. The number of carboxylic acids is 1. The van der Waals surface area contributed by atoms with Gasteiger partial charge in [-0.05, 0) is 112 Å². The van der Waals surface area contributed by atoms with Crippen LogP contribution in [0.15, 0.2) is 108 Å². The van der Waals surface area contributed by atoms with E-state index < -0.39 is 58.8 Å². The van der Waals surface area contributed by atoms with Crippen molar-refractivity contribution in [3.8, 4) is 0 Å². The average molecular weight is 955 g/mol. The molecule has 2 aliphatic rings. The number of methoxy groups -OCH3 is 1. The third kappa shape index (κ3) is 13.7. The first-order valence-electron chi connectivity index (χ1n) is 21.5. The van der Waals surface area contributed by atoms with Crippen LogP contribution in [0.4, 0.5) is 31.1 Å². The monoisotopic (exact) mass is 954 g/mol. The molecule has 2 atom stereocenters. The summed E-state index contributed by atoms with van der Waals surface area (Å²) >= 11 is 0. The number of halogens is 6. The molecular weight excluding hydrogens is 899 g/mol. The molecule has 1 spiro atoms. The number of alkyl halides is 6. The van der Waals surface area contributed by atoms with Gasteiger partial charge in [0.05, 0.1) is 30.7 Å². The number of nitrogens with one attached hydrogen (secondary N) is 2. The number of rotatable bonds is 12. The van der Waals surface area contributed by atoms with Crippen LogP contribution < -0.4 is 10.6 Å². The van der Waals surface area contributed by atoms with E-state index in [-0.39, 0.29) is 49.5 Å². The highest BCUT2D eigenvalue weighted by Crippen LogP contribution is 2.48. The molecule has 6 rings (SSSR count). The zero-order valence-corrected chi connectivity index (χ0v) is 37.5. The van der Waals surface area contributed by atoms with Gasteiger partial charge in [0.1, 0.15) is 17.0 Å². The Morgan fingerprint density at radius 1 is 0.809 bits per heavy atom. The van der Waals surface area contributed by atoms with Crippen LogP contribution in [0.25, 0.3) is 0 Å². The summed E-state index contributed by atoms with van der Waals surface area (Å²) in [4.78, 5) is 67.9. The van der Waals surface area contributed by atoms with Crippen molar-refractivity contribution < 1.29 is 64.9 Å². The van der Waals surface area contributed by atoms with E-state index in [1.54, 1.807) is 32.9 Å². The molecule has 3 amide bonds. The second kappa shape index (κ2) is 22.4. The largest absolute Gasteiger partial charge is 0.479 e. The normalized spacial score (nSPS) is 17.9. The number of amides is 3. The molecule has 0 aromatic heterocycles. The van der Waals surface area contributed by atoms with E-state index >= 15 is 0 Å². The van der Waals surface area contributed by atoms with Gasteiger partial charge in [-0.1, -0.05) is 81.1 Å². The van der Waals surface area contributed by atoms with E-state index in [4.69, 9.17) is 14.8 Å². The maximum Gasteiger partial charge on any atom is 0.416 e. The minimum atomic E-state index is -4.52. The highest BCUT2D eigenvalue weighted by molar-refractivity contribution is 6.46. The number of nitrogens with zero attached hydrogens (tertiary/aromatic N) is 2. The standard InChI is InChI=1S/C35H36F3N3O4.C14H16F3NO4.CH4/c1-3-29(25-9-11-27(12-10-25)32(43)39-22-19-30(42)45-2)41-33(44)31(26-13-15-28(16-14-26)35(36,37)38)40-34(41)20-17-24(18-21-34)23-7-5-4-6-8-23;1-13(2,3)22-12(21)18-10(11(19)20)8-4-6-9(7-5-8)14(15,16)17;/h4-16,24,29H,3,17-22H2,1-2H3,(H,39,43);4-7,10H,1-3H3,(H,18,21)(H,19,20);1H4/t24?,29-,34?;;/m1../s1. The molecule has 1 aliphatic carbocycles. The van der Waals surface area contributed by atoms with Crippen molar-refractivity contribution in [2.75, 3.05) is 13.7 Å². The number of ether oxygens (including phenoxy) is 2. The maximum atomic E-state index is 14.2. The molecule has 0 bridgehead atoms. The first kappa shape index (κ1) is 53.9. The number of carboxylic acid groups (broad SMARTS) is 1. The minimum absolute atomic E-state index is 0. The highest BCUT2D eigenvalue weighted by Gasteiger charge is 2.52. The fourth-order valence-corrected chi connectivity index (χ4v) is 8.02. The van der Waals surface area contributed by atoms with Crippen LogP contribution in [0.5, 0.6) is 0 Å². The van der Waals surface area contributed by atoms with E-state index in [1.165, 1.54) is 24.8 Å². The van der Waals surface area contributed by atoms with E-state index in [2.05, 4.69) is 27.5 Å². The average Bonchev–Trinajstić information content (AvgIpc) is 3.55. The van der Waals surface area contributed by atoms with Crippen molar-refractivity contribution in [2.45, 2.75) is 115 Å². The van der Waals surface area contributed by atoms with Gasteiger partial charge >= 0.3 is 30.4 Å². The summed E-state index contributed by atoms with van der Waals surface area (Å²) in [5, 5.41) is 13.9. The van der Waals surface area contributed by atoms with Crippen molar-refractivity contribution in [3.05, 3.63) is 142 Å². The Morgan fingerprint density at radius 2 is 1.34 bits per heavy atom. The highest BCUT2D eigenvalue weighted by atomic mass is 19.4. The van der Waals surface area contributed by atoms with Gasteiger partial charge in [0.25, 0.3) is 11.8 Å². The second-order valence-corrected chi connectivity index (χ2v) is 17.0. The number of hydrogen-bond donors (Lipinski definition) is 3. The number of hydrogen-bond acceptors (Lipinski definition) is 8. The first-order valence-corrected chi connectivity index (χ1v) is 21.5. The summed E-state index contributed by atoms with van der Waals surface area (Å²) in [5.74, 6) is -2.16. The smallest absolute Gasteiger partial charge is 0.416 e. The molecule has 1 heterocycles. The Bertz CT molecular complexity index is 2390. The summed E-state index contributed by atoms with van der Waals surface area (Å²) in [6.07, 6.45) is -6.52. The molecule has 12 nitrogen and oxygen atoms in total. The van der Waals surface area contributed by atoms with Crippen molar-refractivity contribution in [2.24, 2.45) is 4.99 Å². The molecule has 18 heteroatoms. The van der Waals surface area contributed by atoms with Gasteiger partial charge in [-0.2, -0.15) is 26.3 Å². The predicted molar refractivity (Wildman–Crippen MR) is 242 cm³/mol. The van der Waals surface area contributed by atoms with Crippen molar-refractivity contribution in [1.29, 1.82) is 0 Å². The Balaban J connectivity index is 0.000000370. The fraction of sp³-hybridized carbons (Fsp3) is 0.400. The number of carbonyl (C=O) groups is 5. The van der Waals surface area contributed by atoms with E-state index in [1.807, 2.05) is 42.2 Å². The van der Waals surface area contributed by atoms with Crippen LogP contribution in [0.2, 0.25) is 0 Å². The number of benzene rings is 4. The first-order chi connectivity index (χ1) is 31.5. The molecule has 1 aliphatic heterocycles. The molecule has 0 radical (unpaired) electrons. The molecule has 1 saturated carbocycles. The van der Waals surface area contributed by atoms with Gasteiger partial charge in [-0.3, -0.25) is 19.4 Å². The number of aliphatic carboxylic acids is 1. The second-order valence-electron chi connectivity index (χ2n) is 17.0. The predicted octanol–water partition coefficient (Wildman–Crippen LogP) is 10.8. The topological polar surface area (TPSA) is 164 Å². The van der Waals surface area contributed by atoms with Gasteiger partial charge in [-0.25, -0.2) is 9.59 Å². The van der Waals surface area contributed by atoms with Crippen molar-refractivity contribution in [3.63, 3.8) is 0 Å². The van der Waals surface area contributed by atoms with E-state index in [9.17, 15) is 50.3 Å². The van der Waals surface area contributed by atoms with Gasteiger partial charge < -0.3 is 30.1 Å². The Morgan fingerprint density at radius 3 is 1.82 bits per heavy atom. The number of esters is 1. The molecule has 0 saturated heterocycles. The lowest BCUT2D eigenvalue weighted by Crippen LogP contribution is -2.50. The zero-order chi connectivity index (χ0) is 49.3. The lowest BCUT2D eigenvalue weighted by molar-refractivity contribution is -0.141. The zero-order valence-electron chi connectivity index (χ0n) is 37.5. The van der Waals surface area contributed by atoms with Crippen LogP contribution in [0.3, 0.4) is 0 Å². The lowest BCUT2D eigenvalue weighted by Gasteiger charge is -2.45. The summed E-state index contributed by atoms with van der Waals surface area (Å²) in [6.45, 7) is 6.91. The summed E-state index contributed by atoms with van der Waals surface area (Å²) in [6, 6.07) is 23.5. The van der Waals surface area contributed by atoms with Crippen LogP contribution in [0, 0.1) is 0 Å². The van der Waals surface area contributed by atoms with Gasteiger partial charge in [0, 0.05) is 17.7 Å². The SMILES string of the molecule is C.CC(C)(C)OC(=O)NC(C(=O)O)c1ccc(C(F)(F)F)cc1.CC[C@H](c1ccc(C(=O)NCCC(=O)OC)cc1)N1C(=O)C(c2ccc(C(F)(F)F)cc2)=NC12CCC(c1ccccc1)CC2. The van der Waals surface area contributed by atoms with Crippen LogP contribution in [0.1, 0.15) is 135 Å². The summed E-state index contributed by atoms with van der Waals surface area (Å²) < 4.78 is 86.8. The van der Waals surface area contributed by atoms with Crippen molar-refractivity contribution in [1.82, 2.24) is 15.5 Å². The Hall–Kier alpha value is -6.72. The minimum Gasteiger partial charge on any atom is -0.479 e. The summed E-state index contributed by atoms with van der Waals surface area (Å²) in [5.41, 5.74) is -0.356. The fourth-order valence-electron chi connectivity index (χ4n) is 8.02. The molecule has 366 valence electrons. The van der Waals surface area contributed by atoms with Crippen LogP contribution >= 0.6 is 0 Å². The Labute approximate surface area is 391 Å². The summed E-state index contributed by atoms with van der Waals surface area (Å²) in [7, 11) is 1.29. The third-order valence-electron chi connectivity index (χ3n) is 11.3. The van der Waals surface area contributed by atoms with Gasteiger partial charge in [-0.15, -0.1) is 0 Å². The van der Waals surface area contributed by atoms with Gasteiger partial charge in [0.2, 0.25) is 0 Å². The number of alkyl carbamates (subject to hydrolysis) is 1. The molecule has 1 fully saturated rings. The molecule has 1 unspecified atom stereocenters. The number of aliphatic imine (C=N–C) groups is 1. The maximum absolute atomic E-state index is 14.2. The molecule has 4 aromatic carbocycles. The van der Waals surface area contributed by atoms with Crippen LogP contribution in [-0.2, 0) is 36.2 Å². The van der Waals surface area contributed by atoms with Crippen LogP contribution in [-0.4, -0.2) is 70.5 Å².